The van der Waals surface area contributed by atoms with Crippen LogP contribution in [0.15, 0.2) is 29.4 Å². The molecule has 1 aliphatic heterocycles. The number of nitrogens with zero attached hydrogens (tertiary/aromatic N) is 4. The molecule has 134 valence electrons. The van der Waals surface area contributed by atoms with Crippen LogP contribution in [0.5, 0.6) is 5.75 Å². The van der Waals surface area contributed by atoms with Crippen molar-refractivity contribution in [2.24, 2.45) is 0 Å². The Labute approximate surface area is 150 Å². The molecule has 1 fully saturated rings. The summed E-state index contributed by atoms with van der Waals surface area (Å²) in [6, 6.07) is 7.49. The highest BCUT2D eigenvalue weighted by Crippen LogP contribution is 2.24. The number of carbonyl (C=O) groups is 1. The van der Waals surface area contributed by atoms with Gasteiger partial charge in [0.05, 0.1) is 25.6 Å². The van der Waals surface area contributed by atoms with Gasteiger partial charge in [0.15, 0.2) is 5.82 Å². The van der Waals surface area contributed by atoms with Gasteiger partial charge in [-0.15, -0.1) is 10.2 Å². The van der Waals surface area contributed by atoms with E-state index < -0.39 is 0 Å². The van der Waals surface area contributed by atoms with Crippen LogP contribution in [0.1, 0.15) is 6.92 Å². The number of carbonyl (C=O) groups excluding carboxylic acids is 1. The molecule has 2 N–H and O–H groups in total. The van der Waals surface area contributed by atoms with E-state index in [9.17, 15) is 4.79 Å². The minimum absolute atomic E-state index is 0.0546. The Bertz CT molecular complexity index is 713. The topological polar surface area (TPSA) is 95.5 Å². The average molecular weight is 363 g/mol. The fourth-order valence-electron chi connectivity index (χ4n) is 2.47. The minimum Gasteiger partial charge on any atom is -0.494 e. The molecular formula is C16H21N5O3S. The first kappa shape index (κ1) is 17.6. The van der Waals surface area contributed by atoms with Crippen molar-refractivity contribution in [2.75, 3.05) is 44.5 Å². The van der Waals surface area contributed by atoms with Crippen molar-refractivity contribution < 1.29 is 14.3 Å². The lowest BCUT2D eigenvalue weighted by Gasteiger charge is -2.26. The molecule has 1 saturated heterocycles. The van der Waals surface area contributed by atoms with E-state index in [2.05, 4.69) is 10.2 Å². The van der Waals surface area contributed by atoms with Crippen molar-refractivity contribution in [3.8, 4) is 17.1 Å². The van der Waals surface area contributed by atoms with Crippen LogP contribution in [0.25, 0.3) is 11.4 Å². The van der Waals surface area contributed by atoms with Crippen LogP contribution >= 0.6 is 11.8 Å². The van der Waals surface area contributed by atoms with Crippen molar-refractivity contribution in [3.05, 3.63) is 24.3 Å². The molecule has 3 rings (SSSR count). The SMILES string of the molecule is CCOc1ccc(-c2nnc(SCC(=O)N3CCOCC3)n2N)cc1. The first-order valence-corrected chi connectivity index (χ1v) is 9.09. The number of aromatic nitrogens is 3. The van der Waals surface area contributed by atoms with Gasteiger partial charge in [0, 0.05) is 18.7 Å². The second-order valence-corrected chi connectivity index (χ2v) is 6.36. The summed E-state index contributed by atoms with van der Waals surface area (Å²) in [5, 5.41) is 8.73. The first-order chi connectivity index (χ1) is 12.2. The Kier molecular flexibility index (Phi) is 5.77. The quantitative estimate of drug-likeness (QED) is 0.604. The van der Waals surface area contributed by atoms with E-state index in [1.165, 1.54) is 16.4 Å². The summed E-state index contributed by atoms with van der Waals surface area (Å²) in [6.07, 6.45) is 0. The third kappa shape index (κ3) is 4.23. The van der Waals surface area contributed by atoms with Gasteiger partial charge in [0.2, 0.25) is 11.1 Å². The largest absolute Gasteiger partial charge is 0.494 e. The van der Waals surface area contributed by atoms with Gasteiger partial charge < -0.3 is 20.2 Å². The lowest BCUT2D eigenvalue weighted by Crippen LogP contribution is -2.41. The van der Waals surface area contributed by atoms with Gasteiger partial charge in [-0.3, -0.25) is 4.79 Å². The molecule has 2 aromatic rings. The molecule has 0 unspecified atom stereocenters. The predicted octanol–water partition coefficient (Wildman–Crippen LogP) is 1.01. The highest BCUT2D eigenvalue weighted by Gasteiger charge is 2.19. The molecule has 1 aromatic carbocycles. The number of nitrogen functional groups attached to an aromatic ring is 1. The molecule has 0 radical (unpaired) electrons. The van der Waals surface area contributed by atoms with Crippen LogP contribution in [0.2, 0.25) is 0 Å². The second-order valence-electron chi connectivity index (χ2n) is 5.42. The maximum Gasteiger partial charge on any atom is 0.233 e. The second kappa shape index (κ2) is 8.21. The first-order valence-electron chi connectivity index (χ1n) is 8.11. The third-order valence-corrected chi connectivity index (χ3v) is 4.70. The van der Waals surface area contributed by atoms with Crippen LogP contribution in [0.4, 0.5) is 0 Å². The highest BCUT2D eigenvalue weighted by atomic mass is 32.2. The van der Waals surface area contributed by atoms with Crippen LogP contribution in [0.3, 0.4) is 0 Å². The van der Waals surface area contributed by atoms with Gasteiger partial charge in [0.1, 0.15) is 5.75 Å². The van der Waals surface area contributed by atoms with E-state index in [0.717, 1.165) is 11.3 Å². The third-order valence-electron chi connectivity index (χ3n) is 3.78. The normalized spacial score (nSPS) is 14.5. The fourth-order valence-corrected chi connectivity index (χ4v) is 3.23. The molecule has 0 bridgehead atoms. The number of morpholine rings is 1. The molecule has 1 aliphatic rings. The molecule has 0 atom stereocenters. The lowest BCUT2D eigenvalue weighted by atomic mass is 10.2. The number of rotatable bonds is 6. The average Bonchev–Trinajstić information content (AvgIpc) is 3.02. The van der Waals surface area contributed by atoms with Crippen molar-refractivity contribution in [1.29, 1.82) is 0 Å². The smallest absolute Gasteiger partial charge is 0.233 e. The van der Waals surface area contributed by atoms with E-state index in [4.69, 9.17) is 15.3 Å². The number of benzene rings is 1. The molecule has 1 aromatic heterocycles. The molecule has 0 aliphatic carbocycles. The number of hydrogen-bond acceptors (Lipinski definition) is 7. The van der Waals surface area contributed by atoms with E-state index in [-0.39, 0.29) is 11.7 Å². The molecule has 2 heterocycles. The molecule has 0 saturated carbocycles. The van der Waals surface area contributed by atoms with Gasteiger partial charge >= 0.3 is 0 Å². The summed E-state index contributed by atoms with van der Waals surface area (Å²) >= 11 is 1.28. The number of amides is 1. The Morgan fingerprint density at radius 3 is 2.68 bits per heavy atom. The minimum atomic E-state index is 0.0546. The molecular weight excluding hydrogens is 342 g/mol. The van der Waals surface area contributed by atoms with Gasteiger partial charge in [-0.2, -0.15) is 0 Å². The summed E-state index contributed by atoms with van der Waals surface area (Å²) in [6.45, 7) is 4.99. The number of nitrogens with two attached hydrogens (primary N) is 1. The monoisotopic (exact) mass is 363 g/mol. The summed E-state index contributed by atoms with van der Waals surface area (Å²) in [4.78, 5) is 14.0. The zero-order valence-electron chi connectivity index (χ0n) is 14.1. The van der Waals surface area contributed by atoms with Crippen molar-refractivity contribution in [2.45, 2.75) is 12.1 Å². The highest BCUT2D eigenvalue weighted by molar-refractivity contribution is 7.99. The van der Waals surface area contributed by atoms with E-state index in [1.54, 1.807) is 4.90 Å². The van der Waals surface area contributed by atoms with Crippen molar-refractivity contribution in [1.82, 2.24) is 19.8 Å². The number of hydrogen-bond donors (Lipinski definition) is 1. The Morgan fingerprint density at radius 2 is 2.00 bits per heavy atom. The van der Waals surface area contributed by atoms with E-state index in [1.807, 2.05) is 31.2 Å². The van der Waals surface area contributed by atoms with Gasteiger partial charge in [-0.25, -0.2) is 4.68 Å². The van der Waals surface area contributed by atoms with E-state index >= 15 is 0 Å². The Morgan fingerprint density at radius 1 is 1.28 bits per heavy atom. The zero-order valence-corrected chi connectivity index (χ0v) is 14.9. The Hall–Kier alpha value is -2.26. The van der Waals surface area contributed by atoms with Gasteiger partial charge in [-0.05, 0) is 31.2 Å². The van der Waals surface area contributed by atoms with Gasteiger partial charge in [-0.1, -0.05) is 11.8 Å². The summed E-state index contributed by atoms with van der Waals surface area (Å²) < 4.78 is 12.1. The van der Waals surface area contributed by atoms with Crippen LogP contribution in [-0.2, 0) is 9.53 Å². The maximum atomic E-state index is 12.2. The van der Waals surface area contributed by atoms with Gasteiger partial charge in [0.25, 0.3) is 0 Å². The van der Waals surface area contributed by atoms with E-state index in [0.29, 0.717) is 43.9 Å². The Balaban J connectivity index is 1.63. The standard InChI is InChI=1S/C16H21N5O3S/c1-2-24-13-5-3-12(4-6-13)15-18-19-16(21(15)17)25-11-14(22)20-7-9-23-10-8-20/h3-6H,2,7-11,17H2,1H3. The van der Waals surface area contributed by atoms with Crippen LogP contribution in [-0.4, -0.2) is 64.3 Å². The predicted molar refractivity (Wildman–Crippen MR) is 94.9 cm³/mol. The summed E-state index contributed by atoms with van der Waals surface area (Å²) in [7, 11) is 0. The molecule has 1 amide bonds. The molecule has 25 heavy (non-hydrogen) atoms. The number of ether oxygens (including phenoxy) is 2. The number of thioether (sulfide) groups is 1. The van der Waals surface area contributed by atoms with Crippen LogP contribution < -0.4 is 10.6 Å². The van der Waals surface area contributed by atoms with Crippen molar-refractivity contribution >= 4 is 17.7 Å². The summed E-state index contributed by atoms with van der Waals surface area (Å²) in [5.74, 6) is 7.76. The lowest BCUT2D eigenvalue weighted by molar-refractivity contribution is -0.132. The molecule has 9 heteroatoms. The fraction of sp³-hybridized carbons (Fsp3) is 0.438. The maximum absolute atomic E-state index is 12.2. The summed E-state index contributed by atoms with van der Waals surface area (Å²) in [5.41, 5.74) is 0.838. The van der Waals surface area contributed by atoms with Crippen LogP contribution in [0, 0.1) is 0 Å². The molecule has 0 spiro atoms. The van der Waals surface area contributed by atoms with Crippen molar-refractivity contribution in [3.63, 3.8) is 0 Å². The zero-order chi connectivity index (χ0) is 17.6. The molecule has 8 nitrogen and oxygen atoms in total.